The Balaban J connectivity index is 2.25. The van der Waals surface area contributed by atoms with Crippen molar-refractivity contribution in [3.05, 3.63) is 59.2 Å². The van der Waals surface area contributed by atoms with Gasteiger partial charge in [0.25, 0.3) is 0 Å². The minimum Gasteiger partial charge on any atom is -0.508 e. The molecule has 20 heavy (non-hydrogen) atoms. The Morgan fingerprint density at radius 2 is 1.55 bits per heavy atom. The number of aromatic hydroxyl groups is 2. The quantitative estimate of drug-likeness (QED) is 0.818. The van der Waals surface area contributed by atoms with Crippen LogP contribution in [0.25, 0.3) is 0 Å². The second kappa shape index (κ2) is 4.02. The summed E-state index contributed by atoms with van der Waals surface area (Å²) in [6, 6.07) is 13.1. The van der Waals surface area contributed by atoms with Crippen LogP contribution in [0.5, 0.6) is 11.5 Å². The van der Waals surface area contributed by atoms with Gasteiger partial charge in [0.15, 0.2) is 0 Å². The number of hydrogen-bond acceptors (Lipinski definition) is 2. The van der Waals surface area contributed by atoms with E-state index in [9.17, 15) is 10.2 Å². The van der Waals surface area contributed by atoms with Gasteiger partial charge < -0.3 is 10.2 Å². The molecule has 2 N–H and O–H groups in total. The Kier molecular flexibility index (Phi) is 2.62. The van der Waals surface area contributed by atoms with E-state index in [0.717, 1.165) is 17.5 Å². The maximum Gasteiger partial charge on any atom is 0.119 e. The van der Waals surface area contributed by atoms with Crippen LogP contribution in [0.3, 0.4) is 0 Å². The Morgan fingerprint density at radius 1 is 0.900 bits per heavy atom. The molecule has 1 aliphatic rings. The first-order chi connectivity index (χ1) is 9.34. The normalized spacial score (nSPS) is 23.6. The monoisotopic (exact) mass is 268 g/mol. The molecule has 0 saturated heterocycles. The van der Waals surface area contributed by atoms with Crippen molar-refractivity contribution >= 4 is 0 Å². The van der Waals surface area contributed by atoms with E-state index in [-0.39, 0.29) is 16.6 Å². The largest absolute Gasteiger partial charge is 0.508 e. The van der Waals surface area contributed by atoms with Crippen molar-refractivity contribution in [1.29, 1.82) is 0 Å². The minimum absolute atomic E-state index is 0.0285. The van der Waals surface area contributed by atoms with Crippen molar-refractivity contribution in [2.45, 2.75) is 38.0 Å². The molecule has 3 rings (SSSR count). The fourth-order valence-corrected chi connectivity index (χ4v) is 3.83. The zero-order valence-corrected chi connectivity index (χ0v) is 12.1. The first-order valence-corrected chi connectivity index (χ1v) is 6.97. The van der Waals surface area contributed by atoms with Crippen LogP contribution in [0.15, 0.2) is 42.5 Å². The van der Waals surface area contributed by atoms with Gasteiger partial charge in [0.2, 0.25) is 0 Å². The van der Waals surface area contributed by atoms with Crippen LogP contribution in [-0.4, -0.2) is 10.2 Å². The first kappa shape index (κ1) is 13.0. The highest BCUT2D eigenvalue weighted by Gasteiger charge is 2.47. The molecule has 2 aromatic carbocycles. The van der Waals surface area contributed by atoms with Crippen molar-refractivity contribution in [3.8, 4) is 11.5 Å². The summed E-state index contributed by atoms with van der Waals surface area (Å²) in [5.74, 6) is 0.635. The van der Waals surface area contributed by atoms with E-state index in [1.807, 2.05) is 18.2 Å². The number of fused-ring (bicyclic) bond motifs is 1. The highest BCUT2D eigenvalue weighted by Crippen LogP contribution is 2.55. The molecule has 1 aliphatic carbocycles. The smallest absolute Gasteiger partial charge is 0.119 e. The molecular formula is C18H20O2. The van der Waals surface area contributed by atoms with E-state index in [2.05, 4.69) is 26.8 Å². The Bertz CT molecular complexity index is 656. The summed E-state index contributed by atoms with van der Waals surface area (Å²) in [6.45, 7) is 6.61. The Morgan fingerprint density at radius 3 is 2.20 bits per heavy atom. The lowest BCUT2D eigenvalue weighted by molar-refractivity contribution is 0.411. The predicted molar refractivity (Wildman–Crippen MR) is 80.3 cm³/mol. The molecule has 0 heterocycles. The molecule has 104 valence electrons. The maximum atomic E-state index is 10.4. The molecule has 1 atom stereocenters. The minimum atomic E-state index is -0.224. The SMILES string of the molecule is CC1(C)CC(C)(c2ccc(O)cc2)c2c(O)cccc21. The second-order valence-corrected chi connectivity index (χ2v) is 6.64. The molecule has 0 bridgehead atoms. The third-order valence-corrected chi connectivity index (χ3v) is 4.62. The topological polar surface area (TPSA) is 40.5 Å². The van der Waals surface area contributed by atoms with Crippen LogP contribution in [0, 0.1) is 0 Å². The van der Waals surface area contributed by atoms with E-state index in [1.54, 1.807) is 18.2 Å². The summed E-state index contributed by atoms with van der Waals surface area (Å²) in [4.78, 5) is 0. The van der Waals surface area contributed by atoms with E-state index in [0.29, 0.717) is 5.75 Å². The Hall–Kier alpha value is -1.96. The molecule has 2 nitrogen and oxygen atoms in total. The van der Waals surface area contributed by atoms with Crippen LogP contribution < -0.4 is 0 Å². The zero-order valence-electron chi connectivity index (χ0n) is 12.1. The van der Waals surface area contributed by atoms with E-state index in [1.165, 1.54) is 5.56 Å². The van der Waals surface area contributed by atoms with Crippen molar-refractivity contribution in [2.75, 3.05) is 0 Å². The summed E-state index contributed by atoms with van der Waals surface area (Å²) in [5, 5.41) is 19.9. The third-order valence-electron chi connectivity index (χ3n) is 4.62. The fourth-order valence-electron chi connectivity index (χ4n) is 3.83. The summed E-state index contributed by atoms with van der Waals surface area (Å²) < 4.78 is 0. The molecule has 2 aromatic rings. The summed E-state index contributed by atoms with van der Waals surface area (Å²) in [7, 11) is 0. The van der Waals surface area contributed by atoms with Crippen molar-refractivity contribution in [2.24, 2.45) is 0 Å². The molecular weight excluding hydrogens is 248 g/mol. The number of benzene rings is 2. The summed E-state index contributed by atoms with van der Waals surface area (Å²) >= 11 is 0. The lowest BCUT2D eigenvalue weighted by atomic mass is 9.75. The summed E-state index contributed by atoms with van der Waals surface area (Å²) in [6.07, 6.45) is 0.942. The standard InChI is InChI=1S/C18H20O2/c1-17(2)11-18(3,12-7-9-13(19)10-8-12)16-14(17)5-4-6-15(16)20/h4-10,19-20H,11H2,1-3H3. The van der Waals surface area contributed by atoms with E-state index in [4.69, 9.17) is 0 Å². The van der Waals surface area contributed by atoms with Crippen LogP contribution >= 0.6 is 0 Å². The van der Waals surface area contributed by atoms with Crippen LogP contribution in [0.1, 0.15) is 43.9 Å². The van der Waals surface area contributed by atoms with Gasteiger partial charge >= 0.3 is 0 Å². The molecule has 0 fully saturated rings. The molecule has 1 unspecified atom stereocenters. The lowest BCUT2D eigenvalue weighted by Gasteiger charge is -2.28. The zero-order chi connectivity index (χ0) is 14.5. The van der Waals surface area contributed by atoms with Gasteiger partial charge in [-0.05, 0) is 41.2 Å². The van der Waals surface area contributed by atoms with E-state index < -0.39 is 0 Å². The van der Waals surface area contributed by atoms with Crippen molar-refractivity contribution in [3.63, 3.8) is 0 Å². The molecule has 2 heteroatoms. The molecule has 0 saturated carbocycles. The van der Waals surface area contributed by atoms with Gasteiger partial charge in [-0.1, -0.05) is 45.0 Å². The summed E-state index contributed by atoms with van der Waals surface area (Å²) in [5.41, 5.74) is 3.17. The van der Waals surface area contributed by atoms with Crippen LogP contribution in [-0.2, 0) is 10.8 Å². The molecule has 0 amide bonds. The number of phenolic OH excluding ortho intramolecular Hbond substituents is 2. The molecule has 0 radical (unpaired) electrons. The first-order valence-electron chi connectivity index (χ1n) is 6.97. The van der Waals surface area contributed by atoms with Gasteiger partial charge in [0.1, 0.15) is 11.5 Å². The fraction of sp³-hybridized carbons (Fsp3) is 0.333. The highest BCUT2D eigenvalue weighted by molar-refractivity contribution is 5.57. The average molecular weight is 268 g/mol. The highest BCUT2D eigenvalue weighted by atomic mass is 16.3. The number of phenols is 2. The predicted octanol–water partition coefficient (Wildman–Crippen LogP) is 4.09. The van der Waals surface area contributed by atoms with Crippen molar-refractivity contribution in [1.82, 2.24) is 0 Å². The van der Waals surface area contributed by atoms with Crippen molar-refractivity contribution < 1.29 is 10.2 Å². The van der Waals surface area contributed by atoms with Gasteiger partial charge in [-0.3, -0.25) is 0 Å². The lowest BCUT2D eigenvalue weighted by Crippen LogP contribution is -2.23. The number of rotatable bonds is 1. The Labute approximate surface area is 119 Å². The molecule has 0 spiro atoms. The van der Waals surface area contributed by atoms with Gasteiger partial charge in [0.05, 0.1) is 0 Å². The van der Waals surface area contributed by atoms with E-state index >= 15 is 0 Å². The van der Waals surface area contributed by atoms with Gasteiger partial charge in [-0.2, -0.15) is 0 Å². The molecule has 0 aliphatic heterocycles. The van der Waals surface area contributed by atoms with Gasteiger partial charge in [-0.15, -0.1) is 0 Å². The third kappa shape index (κ3) is 1.71. The van der Waals surface area contributed by atoms with Crippen LogP contribution in [0.2, 0.25) is 0 Å². The number of hydrogen-bond donors (Lipinski definition) is 2. The second-order valence-electron chi connectivity index (χ2n) is 6.64. The molecule has 0 aromatic heterocycles. The van der Waals surface area contributed by atoms with Gasteiger partial charge in [0, 0.05) is 11.0 Å². The maximum absolute atomic E-state index is 10.4. The average Bonchev–Trinajstić information content (AvgIpc) is 2.59. The van der Waals surface area contributed by atoms with Crippen LogP contribution in [0.4, 0.5) is 0 Å². The van der Waals surface area contributed by atoms with Gasteiger partial charge in [-0.25, -0.2) is 0 Å².